The number of rotatable bonds is 6. The lowest BCUT2D eigenvalue weighted by Crippen LogP contribution is -2.25. The number of hydrazone groups is 1. The first-order valence-electron chi connectivity index (χ1n) is 9.59. The molecule has 2 aromatic rings. The molecule has 1 heterocycles. The molecule has 0 spiro atoms. The minimum atomic E-state index is -0.420. The maximum absolute atomic E-state index is 12.1. The fourth-order valence-electron chi connectivity index (χ4n) is 2.98. The molecule has 1 aliphatic rings. The monoisotopic (exact) mass is 427 g/mol. The lowest BCUT2D eigenvalue weighted by Gasteiger charge is -2.22. The molecule has 0 aromatic heterocycles. The van der Waals surface area contributed by atoms with E-state index in [1.165, 1.54) is 30.6 Å². The van der Waals surface area contributed by atoms with Gasteiger partial charge in [-0.3, -0.25) is 9.59 Å². The Kier molecular flexibility index (Phi) is 6.99. The molecule has 3 rings (SSSR count). The summed E-state index contributed by atoms with van der Waals surface area (Å²) in [4.78, 5) is 23.5. The van der Waals surface area contributed by atoms with Crippen LogP contribution in [0.3, 0.4) is 0 Å². The van der Waals surface area contributed by atoms with Crippen LogP contribution < -0.4 is 14.8 Å². The van der Waals surface area contributed by atoms with Crippen LogP contribution in [0.2, 0.25) is 0 Å². The Morgan fingerprint density at radius 3 is 2.43 bits per heavy atom. The van der Waals surface area contributed by atoms with E-state index < -0.39 is 5.37 Å². The highest BCUT2D eigenvalue weighted by molar-refractivity contribution is 8.14. The van der Waals surface area contributed by atoms with Gasteiger partial charge in [-0.2, -0.15) is 0 Å². The summed E-state index contributed by atoms with van der Waals surface area (Å²) in [5, 5.41) is 8.24. The summed E-state index contributed by atoms with van der Waals surface area (Å²) in [7, 11) is 0. The number of carbonyl (C=O) groups is 2. The van der Waals surface area contributed by atoms with E-state index >= 15 is 0 Å². The van der Waals surface area contributed by atoms with Crippen molar-refractivity contribution < 1.29 is 19.1 Å². The Labute approximate surface area is 180 Å². The Morgan fingerprint density at radius 1 is 1.07 bits per heavy atom. The Balaban J connectivity index is 1.72. The van der Waals surface area contributed by atoms with E-state index in [1.54, 1.807) is 0 Å². The number of thioether (sulfide) groups is 1. The van der Waals surface area contributed by atoms with Crippen LogP contribution >= 0.6 is 11.8 Å². The summed E-state index contributed by atoms with van der Waals surface area (Å²) in [6.45, 7) is 7.56. The third kappa shape index (κ3) is 5.33. The molecule has 158 valence electrons. The number of benzene rings is 2. The van der Waals surface area contributed by atoms with Crippen LogP contribution in [0.1, 0.15) is 35.9 Å². The smallest absolute Gasteiger partial charge is 0.241 e. The van der Waals surface area contributed by atoms with E-state index in [9.17, 15) is 9.59 Å². The molecule has 8 heteroatoms. The van der Waals surface area contributed by atoms with Gasteiger partial charge in [-0.1, -0.05) is 41.6 Å². The van der Waals surface area contributed by atoms with Gasteiger partial charge in [0.1, 0.15) is 30.1 Å². The van der Waals surface area contributed by atoms with E-state index in [1.807, 2.05) is 56.3 Å². The number of nitrogens with one attached hydrogen (secondary N) is 1. The molecule has 2 aromatic carbocycles. The normalized spacial score (nSPS) is 15.5. The fourth-order valence-corrected chi connectivity index (χ4v) is 4.14. The number of amidine groups is 1. The largest absolute Gasteiger partial charge is 0.490 e. The third-order valence-corrected chi connectivity index (χ3v) is 5.46. The van der Waals surface area contributed by atoms with Crippen LogP contribution in [0, 0.1) is 13.8 Å². The molecule has 0 fully saturated rings. The first kappa shape index (κ1) is 21.7. The molecule has 0 aliphatic carbocycles. The molecule has 2 amide bonds. The van der Waals surface area contributed by atoms with E-state index in [2.05, 4.69) is 10.4 Å². The standard InChI is InChI=1S/C22H25N3O4S/c1-14-9-10-20(29-12-11-28-19-8-6-5-7-15(19)2)18(13-14)21-25(17(4)27)24-22(30-21)23-16(3)26/h5-10,13,21H,11-12H2,1-4H3,(H,23,24,26)/t21-/m1/s1. The number of aryl methyl sites for hydroxylation is 2. The van der Waals surface area contributed by atoms with E-state index in [0.717, 1.165) is 22.4 Å². The van der Waals surface area contributed by atoms with Crippen molar-refractivity contribution in [2.24, 2.45) is 5.10 Å². The van der Waals surface area contributed by atoms with Crippen molar-refractivity contribution in [3.63, 3.8) is 0 Å². The molecular formula is C22H25N3O4S. The highest BCUT2D eigenvalue weighted by atomic mass is 32.2. The third-order valence-electron chi connectivity index (χ3n) is 4.37. The summed E-state index contributed by atoms with van der Waals surface area (Å²) in [5.74, 6) is 1.02. The number of ether oxygens (including phenoxy) is 2. The molecule has 7 nitrogen and oxygen atoms in total. The number of para-hydroxylation sites is 1. The lowest BCUT2D eigenvalue weighted by atomic mass is 10.1. The number of carbonyl (C=O) groups excluding carboxylic acids is 2. The minimum Gasteiger partial charge on any atom is -0.490 e. The molecule has 0 saturated carbocycles. The van der Waals surface area contributed by atoms with Crippen LogP contribution in [0.4, 0.5) is 0 Å². The lowest BCUT2D eigenvalue weighted by molar-refractivity contribution is -0.129. The highest BCUT2D eigenvalue weighted by Crippen LogP contribution is 2.42. The number of hydrogen-bond donors (Lipinski definition) is 1. The van der Waals surface area contributed by atoms with Gasteiger partial charge >= 0.3 is 0 Å². The van der Waals surface area contributed by atoms with Crippen molar-refractivity contribution in [2.45, 2.75) is 33.1 Å². The number of amides is 2. The van der Waals surface area contributed by atoms with Crippen molar-refractivity contribution in [3.05, 3.63) is 59.2 Å². The highest BCUT2D eigenvalue weighted by Gasteiger charge is 2.34. The van der Waals surface area contributed by atoms with Crippen LogP contribution in [0.25, 0.3) is 0 Å². The van der Waals surface area contributed by atoms with E-state index in [-0.39, 0.29) is 11.8 Å². The Hall–Kier alpha value is -3.00. The molecule has 1 aliphatic heterocycles. The van der Waals surface area contributed by atoms with Gasteiger partial charge in [0, 0.05) is 19.4 Å². The van der Waals surface area contributed by atoms with Gasteiger partial charge in [-0.15, -0.1) is 5.10 Å². The van der Waals surface area contributed by atoms with Crippen LogP contribution in [0.15, 0.2) is 47.6 Å². The Morgan fingerprint density at radius 2 is 1.77 bits per heavy atom. The quantitative estimate of drug-likeness (QED) is 0.710. The molecule has 1 atom stereocenters. The SMILES string of the molecule is CC(=O)NC1=NN(C(C)=O)[C@@H](c2cc(C)ccc2OCCOc2ccccc2C)S1. The average molecular weight is 428 g/mol. The number of nitrogens with zero attached hydrogens (tertiary/aromatic N) is 2. The van der Waals surface area contributed by atoms with Gasteiger partial charge in [0.25, 0.3) is 0 Å². The van der Waals surface area contributed by atoms with Gasteiger partial charge in [-0.25, -0.2) is 5.01 Å². The minimum absolute atomic E-state index is 0.219. The maximum Gasteiger partial charge on any atom is 0.241 e. The summed E-state index contributed by atoms with van der Waals surface area (Å²) in [6, 6.07) is 13.6. The number of hydrogen-bond acceptors (Lipinski definition) is 6. The zero-order valence-electron chi connectivity index (χ0n) is 17.5. The average Bonchev–Trinajstić information content (AvgIpc) is 3.10. The predicted octanol–water partition coefficient (Wildman–Crippen LogP) is 3.76. The molecule has 30 heavy (non-hydrogen) atoms. The summed E-state index contributed by atoms with van der Waals surface area (Å²) in [6.07, 6.45) is 0. The second kappa shape index (κ2) is 9.67. The van der Waals surface area contributed by atoms with Crippen molar-refractivity contribution in [1.29, 1.82) is 0 Å². The first-order chi connectivity index (χ1) is 14.3. The molecule has 0 radical (unpaired) electrons. The zero-order valence-corrected chi connectivity index (χ0v) is 18.3. The molecule has 1 N–H and O–H groups in total. The molecular weight excluding hydrogens is 402 g/mol. The van der Waals surface area contributed by atoms with Gasteiger partial charge in [0.2, 0.25) is 11.8 Å². The van der Waals surface area contributed by atoms with Gasteiger partial charge in [0.15, 0.2) is 5.17 Å². The van der Waals surface area contributed by atoms with Crippen molar-refractivity contribution >= 4 is 28.7 Å². The second-order valence-electron chi connectivity index (χ2n) is 6.92. The first-order valence-corrected chi connectivity index (χ1v) is 10.5. The Bertz CT molecular complexity index is 977. The van der Waals surface area contributed by atoms with Crippen molar-refractivity contribution in [3.8, 4) is 11.5 Å². The van der Waals surface area contributed by atoms with Gasteiger partial charge in [-0.05, 0) is 37.6 Å². The van der Waals surface area contributed by atoms with Crippen molar-refractivity contribution in [2.75, 3.05) is 13.2 Å². The van der Waals surface area contributed by atoms with Crippen LogP contribution in [-0.2, 0) is 9.59 Å². The zero-order chi connectivity index (χ0) is 21.7. The second-order valence-corrected chi connectivity index (χ2v) is 7.99. The molecule has 0 bridgehead atoms. The van der Waals surface area contributed by atoms with E-state index in [0.29, 0.717) is 24.1 Å². The van der Waals surface area contributed by atoms with Gasteiger partial charge < -0.3 is 14.8 Å². The van der Waals surface area contributed by atoms with Gasteiger partial charge in [0.05, 0.1) is 0 Å². The van der Waals surface area contributed by atoms with Crippen molar-refractivity contribution in [1.82, 2.24) is 10.3 Å². The molecule has 0 unspecified atom stereocenters. The summed E-state index contributed by atoms with van der Waals surface area (Å²) >= 11 is 1.30. The predicted molar refractivity (Wildman–Crippen MR) is 117 cm³/mol. The summed E-state index contributed by atoms with van der Waals surface area (Å²) in [5.41, 5.74) is 2.91. The maximum atomic E-state index is 12.1. The summed E-state index contributed by atoms with van der Waals surface area (Å²) < 4.78 is 11.8. The van der Waals surface area contributed by atoms with Crippen LogP contribution in [0.5, 0.6) is 11.5 Å². The molecule has 0 saturated heterocycles. The fraction of sp³-hybridized carbons (Fsp3) is 0.318. The van der Waals surface area contributed by atoms with Crippen LogP contribution in [-0.4, -0.2) is 35.2 Å². The topological polar surface area (TPSA) is 80.2 Å². The van der Waals surface area contributed by atoms with E-state index in [4.69, 9.17) is 9.47 Å².